The molecule has 2 atom stereocenters. The molecule has 0 radical (unpaired) electrons. The number of carbonyl (C=O) groups excluding carboxylic acids is 1. The van der Waals surface area contributed by atoms with Gasteiger partial charge in [0.1, 0.15) is 19.3 Å². The molecule has 0 bridgehead atoms. The van der Waals surface area contributed by atoms with Gasteiger partial charge in [-0.1, -0.05) is 19.8 Å². The van der Waals surface area contributed by atoms with Crippen molar-refractivity contribution < 1.29 is 37.6 Å². The molecular formula is C14H30NO7P. The highest BCUT2D eigenvalue weighted by Gasteiger charge is 2.19. The number of hydrogen-bond acceptors (Lipinski definition) is 7. The maximum atomic E-state index is 11.6. The molecule has 0 amide bonds. The average molecular weight is 355 g/mol. The van der Waals surface area contributed by atoms with Crippen molar-refractivity contribution in [2.24, 2.45) is 0 Å². The minimum Gasteiger partial charge on any atom is -0.756 e. The minimum atomic E-state index is -4.48. The lowest BCUT2D eigenvalue weighted by atomic mass is 10.2. The third kappa shape index (κ3) is 13.6. The Kier molecular flexibility index (Phi) is 10.9. The molecule has 0 saturated heterocycles. The highest BCUT2D eigenvalue weighted by molar-refractivity contribution is 7.45. The van der Waals surface area contributed by atoms with Crippen LogP contribution in [0.2, 0.25) is 0 Å². The molecule has 0 aliphatic carbocycles. The first-order chi connectivity index (χ1) is 10.6. The number of nitrogens with zero attached hydrogens (tertiary/aromatic N) is 1. The van der Waals surface area contributed by atoms with Crippen LogP contribution in [0.5, 0.6) is 0 Å². The number of phosphoric acid groups is 1. The Hall–Kier alpha value is -0.500. The lowest BCUT2D eigenvalue weighted by Gasteiger charge is -2.28. The topological polar surface area (TPSA) is 105 Å². The van der Waals surface area contributed by atoms with Crippen LogP contribution >= 0.6 is 7.82 Å². The second kappa shape index (κ2) is 11.1. The molecule has 0 aromatic carbocycles. The monoisotopic (exact) mass is 355 g/mol. The molecule has 1 N–H and O–H groups in total. The van der Waals surface area contributed by atoms with E-state index < -0.39 is 33.1 Å². The van der Waals surface area contributed by atoms with E-state index in [9.17, 15) is 14.3 Å². The smallest absolute Gasteiger partial charge is 0.306 e. The Morgan fingerprint density at radius 2 is 1.91 bits per heavy atom. The van der Waals surface area contributed by atoms with Crippen LogP contribution in [-0.2, 0) is 23.1 Å². The zero-order valence-electron chi connectivity index (χ0n) is 14.5. The second-order valence-electron chi connectivity index (χ2n) is 6.34. The van der Waals surface area contributed by atoms with Crippen molar-refractivity contribution in [3.05, 3.63) is 0 Å². The predicted molar refractivity (Wildman–Crippen MR) is 83.5 cm³/mol. The van der Waals surface area contributed by atoms with Gasteiger partial charge in [0.2, 0.25) is 0 Å². The largest absolute Gasteiger partial charge is 0.756 e. The molecule has 8 nitrogen and oxygen atoms in total. The van der Waals surface area contributed by atoms with E-state index >= 15 is 0 Å². The first kappa shape index (κ1) is 22.5. The van der Waals surface area contributed by atoms with Crippen molar-refractivity contribution in [3.8, 4) is 0 Å². The van der Waals surface area contributed by atoms with Crippen molar-refractivity contribution in [1.29, 1.82) is 0 Å². The van der Waals surface area contributed by atoms with E-state index in [1.54, 1.807) is 0 Å². The number of carbonyl (C=O) groups is 1. The van der Waals surface area contributed by atoms with E-state index in [0.717, 1.165) is 12.8 Å². The molecule has 0 rings (SSSR count). The molecule has 0 aliphatic rings. The first-order valence-electron chi connectivity index (χ1n) is 7.80. The summed E-state index contributed by atoms with van der Waals surface area (Å²) in [6.45, 7) is 1.52. The molecule has 0 saturated carbocycles. The van der Waals surface area contributed by atoms with Crippen LogP contribution in [0.15, 0.2) is 0 Å². The molecule has 0 aliphatic heterocycles. The van der Waals surface area contributed by atoms with E-state index in [-0.39, 0.29) is 13.0 Å². The van der Waals surface area contributed by atoms with Crippen molar-refractivity contribution >= 4 is 13.8 Å². The number of aliphatic hydroxyl groups excluding tert-OH is 1. The lowest BCUT2D eigenvalue weighted by Crippen LogP contribution is -2.37. The van der Waals surface area contributed by atoms with Gasteiger partial charge in [-0.15, -0.1) is 0 Å². The van der Waals surface area contributed by atoms with Crippen molar-refractivity contribution in [2.75, 3.05) is 47.5 Å². The Labute approximate surface area is 138 Å². The third-order valence-corrected chi connectivity index (χ3v) is 3.88. The summed E-state index contributed by atoms with van der Waals surface area (Å²) in [5.41, 5.74) is 0. The van der Waals surface area contributed by atoms with Crippen molar-refractivity contribution in [3.63, 3.8) is 0 Å². The lowest BCUT2D eigenvalue weighted by molar-refractivity contribution is -0.870. The molecule has 0 aromatic heterocycles. The van der Waals surface area contributed by atoms with Crippen LogP contribution < -0.4 is 4.89 Å². The Balaban J connectivity index is 4.12. The third-order valence-electron chi connectivity index (χ3n) is 2.92. The summed E-state index contributed by atoms with van der Waals surface area (Å²) in [6.07, 6.45) is 1.80. The van der Waals surface area contributed by atoms with Gasteiger partial charge >= 0.3 is 5.97 Å². The summed E-state index contributed by atoms with van der Waals surface area (Å²) in [6, 6.07) is 0. The van der Waals surface area contributed by atoms with Gasteiger partial charge < -0.3 is 28.3 Å². The van der Waals surface area contributed by atoms with E-state index in [4.69, 9.17) is 14.4 Å². The van der Waals surface area contributed by atoms with Crippen LogP contribution in [0.25, 0.3) is 0 Å². The minimum absolute atomic E-state index is 0.00905. The van der Waals surface area contributed by atoms with E-state index in [0.29, 0.717) is 17.4 Å². The van der Waals surface area contributed by atoms with Gasteiger partial charge in [0.05, 0.1) is 34.4 Å². The zero-order valence-corrected chi connectivity index (χ0v) is 15.4. The van der Waals surface area contributed by atoms with E-state index in [1.807, 2.05) is 28.1 Å². The van der Waals surface area contributed by atoms with Crippen molar-refractivity contribution in [2.45, 2.75) is 38.7 Å². The number of ether oxygens (including phenoxy) is 1. The normalized spacial score (nSPS) is 15.9. The molecule has 2 unspecified atom stereocenters. The molecule has 0 heterocycles. The van der Waals surface area contributed by atoms with Gasteiger partial charge in [0.15, 0.2) is 0 Å². The van der Waals surface area contributed by atoms with Crippen LogP contribution in [0.1, 0.15) is 32.6 Å². The first-order valence-corrected chi connectivity index (χ1v) is 9.26. The van der Waals surface area contributed by atoms with Crippen LogP contribution in [0.3, 0.4) is 0 Å². The van der Waals surface area contributed by atoms with Crippen molar-refractivity contribution in [1.82, 2.24) is 0 Å². The zero-order chi connectivity index (χ0) is 17.9. The maximum absolute atomic E-state index is 11.6. The van der Waals surface area contributed by atoms with E-state index in [1.165, 1.54) is 0 Å². The number of phosphoric ester groups is 1. The maximum Gasteiger partial charge on any atom is 0.306 e. The Bertz CT molecular complexity index is 384. The van der Waals surface area contributed by atoms with Crippen LogP contribution in [0.4, 0.5) is 0 Å². The average Bonchev–Trinajstić information content (AvgIpc) is 2.42. The fourth-order valence-corrected chi connectivity index (χ4v) is 2.25. The van der Waals surface area contributed by atoms with Gasteiger partial charge in [-0.3, -0.25) is 9.36 Å². The fraction of sp³-hybridized carbons (Fsp3) is 0.929. The summed E-state index contributed by atoms with van der Waals surface area (Å²) in [5, 5.41) is 9.13. The Morgan fingerprint density at radius 1 is 1.26 bits per heavy atom. The summed E-state index contributed by atoms with van der Waals surface area (Å²) in [7, 11) is 1.23. The quantitative estimate of drug-likeness (QED) is 0.224. The molecule has 138 valence electrons. The molecule has 9 heteroatoms. The highest BCUT2D eigenvalue weighted by atomic mass is 31.2. The molecule has 0 fully saturated rings. The number of hydrogen-bond donors (Lipinski definition) is 1. The number of rotatable bonds is 13. The number of esters is 1. The molecule has 0 aromatic rings. The van der Waals surface area contributed by atoms with Gasteiger partial charge in [-0.2, -0.15) is 0 Å². The highest BCUT2D eigenvalue weighted by Crippen LogP contribution is 2.38. The van der Waals surface area contributed by atoms with Crippen LogP contribution in [-0.4, -0.2) is 69.2 Å². The predicted octanol–water partition coefficient (Wildman–Crippen LogP) is 0.679. The summed E-state index contributed by atoms with van der Waals surface area (Å²) < 4.78 is 26.5. The number of unbranched alkanes of at least 4 members (excludes halogenated alkanes) is 2. The summed E-state index contributed by atoms with van der Waals surface area (Å²) in [4.78, 5) is 23.1. The second-order valence-corrected chi connectivity index (χ2v) is 7.75. The summed E-state index contributed by atoms with van der Waals surface area (Å²) in [5.74, 6) is -0.479. The fourth-order valence-electron chi connectivity index (χ4n) is 1.53. The van der Waals surface area contributed by atoms with Gasteiger partial charge in [0, 0.05) is 6.42 Å². The molecule has 0 spiro atoms. The summed E-state index contributed by atoms with van der Waals surface area (Å²) >= 11 is 0. The van der Waals surface area contributed by atoms with E-state index in [2.05, 4.69) is 4.52 Å². The standard InChI is InChI=1S/C14H30NO7P/c1-5-6-7-8-14(17)22-13(11-16)12-21-23(18,19)20-10-9-15(2,3)4/h13,16H,5-12H2,1-4H3. The SMILES string of the molecule is CCCCCC(=O)OC(CO)COP(=O)([O-])OCC[N+](C)(C)C. The van der Waals surface area contributed by atoms with Gasteiger partial charge in [0.25, 0.3) is 7.82 Å². The molecular weight excluding hydrogens is 325 g/mol. The number of aliphatic hydroxyl groups is 1. The number of quaternary nitrogens is 1. The Morgan fingerprint density at radius 3 is 2.43 bits per heavy atom. The van der Waals surface area contributed by atoms with Gasteiger partial charge in [-0.05, 0) is 6.42 Å². The van der Waals surface area contributed by atoms with Crippen LogP contribution in [0, 0.1) is 0 Å². The number of likely N-dealkylation sites (N-methyl/N-ethyl adjacent to an activating group) is 1. The molecule has 23 heavy (non-hydrogen) atoms. The van der Waals surface area contributed by atoms with Gasteiger partial charge in [-0.25, -0.2) is 0 Å².